The van der Waals surface area contributed by atoms with Crippen LogP contribution in [0.4, 0.5) is 0 Å². The standard InChI is InChI=1S/C45H29N3O2/c1-3-11-28(12-4-1)29-21-23-30(24-22-29)33-16-9-17-35-41-36(18-10-20-40(41)50-42(33)35)45-47-43(31-13-5-2-6-14-31)46-44(48-45)32-25-26-39-37(27-32)34-15-7-8-19-38(34)49-39/h1-27,37,39H. The van der Waals surface area contributed by atoms with Crippen LogP contribution in [-0.2, 0) is 0 Å². The first-order valence-electron chi connectivity index (χ1n) is 16.8. The molecule has 0 spiro atoms. The molecular weight excluding hydrogens is 615 g/mol. The summed E-state index contributed by atoms with van der Waals surface area (Å²) < 4.78 is 12.9. The van der Waals surface area contributed by atoms with Crippen LogP contribution in [0.2, 0.25) is 0 Å². The molecule has 50 heavy (non-hydrogen) atoms. The Morgan fingerprint density at radius 2 is 1.16 bits per heavy atom. The largest absolute Gasteiger partial charge is 0.485 e. The summed E-state index contributed by atoms with van der Waals surface area (Å²) in [6, 6.07) is 49.9. The maximum atomic E-state index is 6.65. The average Bonchev–Trinajstić information content (AvgIpc) is 3.77. The molecule has 5 heteroatoms. The first-order valence-corrected chi connectivity index (χ1v) is 16.8. The van der Waals surface area contributed by atoms with Crippen LogP contribution in [0, 0.1) is 0 Å². The summed E-state index contributed by atoms with van der Waals surface area (Å²) in [7, 11) is 0. The number of hydrogen-bond donors (Lipinski definition) is 0. The van der Waals surface area contributed by atoms with Crippen molar-refractivity contribution in [3.8, 4) is 50.8 Å². The zero-order chi connectivity index (χ0) is 33.0. The lowest BCUT2D eigenvalue weighted by Gasteiger charge is -2.18. The van der Waals surface area contributed by atoms with Gasteiger partial charge in [0.1, 0.15) is 23.0 Å². The van der Waals surface area contributed by atoms with E-state index in [0.29, 0.717) is 17.5 Å². The summed E-state index contributed by atoms with van der Waals surface area (Å²) >= 11 is 0. The minimum absolute atomic E-state index is 0.0409. The van der Waals surface area contributed by atoms with E-state index in [1.165, 1.54) is 16.7 Å². The third-order valence-electron chi connectivity index (χ3n) is 9.71. The Labute approximate surface area is 288 Å². The predicted molar refractivity (Wildman–Crippen MR) is 200 cm³/mol. The van der Waals surface area contributed by atoms with Gasteiger partial charge in [0.15, 0.2) is 17.5 Å². The van der Waals surface area contributed by atoms with Crippen molar-refractivity contribution in [3.05, 3.63) is 175 Å². The van der Waals surface area contributed by atoms with Crippen LogP contribution >= 0.6 is 0 Å². The van der Waals surface area contributed by atoms with Gasteiger partial charge in [0.2, 0.25) is 0 Å². The molecule has 2 aliphatic rings. The zero-order valence-corrected chi connectivity index (χ0v) is 26.9. The summed E-state index contributed by atoms with van der Waals surface area (Å²) in [6.07, 6.45) is 6.38. The van der Waals surface area contributed by atoms with Crippen LogP contribution < -0.4 is 4.74 Å². The molecule has 10 rings (SSSR count). The quantitative estimate of drug-likeness (QED) is 0.187. The van der Waals surface area contributed by atoms with E-state index in [0.717, 1.165) is 55.5 Å². The normalized spacial score (nSPS) is 16.2. The molecule has 6 aromatic carbocycles. The maximum absolute atomic E-state index is 6.65. The Bertz CT molecular complexity index is 2620. The number of allylic oxidation sites excluding steroid dienone is 2. The molecular formula is C45H29N3O2. The van der Waals surface area contributed by atoms with Crippen molar-refractivity contribution in [2.75, 3.05) is 0 Å². The van der Waals surface area contributed by atoms with Crippen molar-refractivity contribution in [2.24, 2.45) is 0 Å². The number of nitrogens with zero attached hydrogens (tertiary/aromatic N) is 3. The van der Waals surface area contributed by atoms with Gasteiger partial charge in [-0.25, -0.2) is 15.0 Å². The van der Waals surface area contributed by atoms with Crippen LogP contribution in [-0.4, -0.2) is 21.1 Å². The zero-order valence-electron chi connectivity index (χ0n) is 26.9. The number of aromatic nitrogens is 3. The number of fused-ring (bicyclic) bond motifs is 6. The summed E-state index contributed by atoms with van der Waals surface area (Å²) in [5.74, 6) is 2.86. The van der Waals surface area contributed by atoms with E-state index in [2.05, 4.69) is 103 Å². The number of furan rings is 1. The highest BCUT2D eigenvalue weighted by Gasteiger charge is 2.33. The van der Waals surface area contributed by atoms with Gasteiger partial charge in [-0.2, -0.15) is 0 Å². The van der Waals surface area contributed by atoms with Crippen LogP contribution in [0.1, 0.15) is 17.3 Å². The molecule has 5 nitrogen and oxygen atoms in total. The molecule has 1 aliphatic heterocycles. The van der Waals surface area contributed by atoms with Gasteiger partial charge in [-0.3, -0.25) is 0 Å². The molecule has 0 amide bonds. The molecule has 2 atom stereocenters. The van der Waals surface area contributed by atoms with Crippen molar-refractivity contribution in [1.29, 1.82) is 0 Å². The van der Waals surface area contributed by atoms with Gasteiger partial charge in [-0.1, -0.05) is 146 Å². The molecule has 2 unspecified atom stereocenters. The highest BCUT2D eigenvalue weighted by atomic mass is 16.5. The fourth-order valence-corrected chi connectivity index (χ4v) is 7.28. The Morgan fingerprint density at radius 1 is 0.500 bits per heavy atom. The van der Waals surface area contributed by atoms with Crippen molar-refractivity contribution < 1.29 is 9.15 Å². The van der Waals surface area contributed by atoms with E-state index in [4.69, 9.17) is 24.1 Å². The average molecular weight is 644 g/mol. The van der Waals surface area contributed by atoms with Crippen LogP contribution in [0.15, 0.2) is 168 Å². The number of rotatable bonds is 5. The first-order chi connectivity index (χ1) is 24.8. The van der Waals surface area contributed by atoms with E-state index >= 15 is 0 Å². The van der Waals surface area contributed by atoms with Crippen LogP contribution in [0.25, 0.3) is 72.5 Å². The maximum Gasteiger partial charge on any atom is 0.164 e. The minimum atomic E-state index is -0.0409. The monoisotopic (exact) mass is 643 g/mol. The van der Waals surface area contributed by atoms with Crippen molar-refractivity contribution in [3.63, 3.8) is 0 Å². The van der Waals surface area contributed by atoms with Gasteiger partial charge >= 0.3 is 0 Å². The Hall–Kier alpha value is -6.59. The molecule has 2 aromatic heterocycles. The summed E-state index contributed by atoms with van der Waals surface area (Å²) in [6.45, 7) is 0. The number of benzene rings is 6. The second-order valence-corrected chi connectivity index (χ2v) is 12.7. The van der Waals surface area contributed by atoms with Crippen LogP contribution in [0.5, 0.6) is 5.75 Å². The third-order valence-corrected chi connectivity index (χ3v) is 9.71. The van der Waals surface area contributed by atoms with Crippen molar-refractivity contribution >= 4 is 27.5 Å². The summed E-state index contributed by atoms with van der Waals surface area (Å²) in [5.41, 5.74) is 10.1. The number of hydrogen-bond acceptors (Lipinski definition) is 5. The lowest BCUT2D eigenvalue weighted by Crippen LogP contribution is -2.17. The summed E-state index contributed by atoms with van der Waals surface area (Å²) in [5, 5.41) is 2.00. The molecule has 0 N–H and O–H groups in total. The topological polar surface area (TPSA) is 61.0 Å². The van der Waals surface area contributed by atoms with Gasteiger partial charge < -0.3 is 9.15 Å². The molecule has 3 heterocycles. The predicted octanol–water partition coefficient (Wildman–Crippen LogP) is 10.9. The first kappa shape index (κ1) is 28.4. The van der Waals surface area contributed by atoms with Crippen molar-refractivity contribution in [1.82, 2.24) is 15.0 Å². The Morgan fingerprint density at radius 3 is 2.00 bits per heavy atom. The van der Waals surface area contributed by atoms with Crippen LogP contribution in [0.3, 0.4) is 0 Å². The minimum Gasteiger partial charge on any atom is -0.485 e. The van der Waals surface area contributed by atoms with E-state index in [9.17, 15) is 0 Å². The Balaban J connectivity index is 1.12. The smallest absolute Gasteiger partial charge is 0.164 e. The van der Waals surface area contributed by atoms with E-state index in [1.807, 2.05) is 60.7 Å². The molecule has 1 aliphatic carbocycles. The van der Waals surface area contributed by atoms with E-state index < -0.39 is 0 Å². The molecule has 0 radical (unpaired) electrons. The van der Waals surface area contributed by atoms with E-state index in [-0.39, 0.29) is 12.0 Å². The van der Waals surface area contributed by atoms with Gasteiger partial charge in [-0.05, 0) is 34.9 Å². The Kier molecular flexibility index (Phi) is 6.56. The fourth-order valence-electron chi connectivity index (χ4n) is 7.28. The van der Waals surface area contributed by atoms with Gasteiger partial charge in [-0.15, -0.1) is 0 Å². The van der Waals surface area contributed by atoms with Gasteiger partial charge in [0, 0.05) is 44.5 Å². The molecule has 0 bridgehead atoms. The highest BCUT2D eigenvalue weighted by molar-refractivity contribution is 6.15. The molecule has 236 valence electrons. The number of para-hydroxylation sites is 2. The molecule has 8 aromatic rings. The highest BCUT2D eigenvalue weighted by Crippen LogP contribution is 2.44. The molecule has 0 fully saturated rings. The van der Waals surface area contributed by atoms with E-state index in [1.54, 1.807) is 0 Å². The molecule has 0 saturated heterocycles. The third kappa shape index (κ3) is 4.74. The van der Waals surface area contributed by atoms with Crippen molar-refractivity contribution in [2.45, 2.75) is 12.0 Å². The van der Waals surface area contributed by atoms with Gasteiger partial charge in [0.05, 0.1) is 0 Å². The van der Waals surface area contributed by atoms with Gasteiger partial charge in [0.25, 0.3) is 0 Å². The second-order valence-electron chi connectivity index (χ2n) is 12.7. The molecule has 0 saturated carbocycles. The SMILES string of the molecule is C1=CC2Oc3ccccc3C2C=C1c1nc(-c2ccccc2)nc(-c2cccc3oc4c(-c5ccc(-c6ccccc6)cc5)cccc4c23)n1. The lowest BCUT2D eigenvalue weighted by molar-refractivity contribution is 0.269. The summed E-state index contributed by atoms with van der Waals surface area (Å²) in [4.78, 5) is 15.3. The lowest BCUT2D eigenvalue weighted by atomic mass is 9.89. The fraction of sp³-hybridized carbons (Fsp3) is 0.0444. The second kappa shape index (κ2) is 11.5. The number of ether oxygens (including phenoxy) is 1.